The number of benzene rings is 1. The molecule has 2 aliphatic rings. The summed E-state index contributed by atoms with van der Waals surface area (Å²) in [6.07, 6.45) is 3.73. The van der Waals surface area contributed by atoms with Gasteiger partial charge < -0.3 is 19.4 Å². The summed E-state index contributed by atoms with van der Waals surface area (Å²) >= 11 is 0. The Morgan fingerprint density at radius 1 is 1.00 bits per heavy atom. The van der Waals surface area contributed by atoms with Crippen molar-refractivity contribution in [3.8, 4) is 5.75 Å². The van der Waals surface area contributed by atoms with Gasteiger partial charge in [0.05, 0.1) is 7.11 Å². The maximum absolute atomic E-state index is 12.8. The first-order valence-corrected chi connectivity index (χ1v) is 10.4. The summed E-state index contributed by atoms with van der Waals surface area (Å²) in [4.78, 5) is 19.2. The van der Waals surface area contributed by atoms with E-state index >= 15 is 0 Å². The monoisotopic (exact) mass is 395 g/mol. The number of hydrogen-bond donors (Lipinski definition) is 0. The van der Waals surface area contributed by atoms with Crippen LogP contribution in [-0.2, 0) is 0 Å². The number of ether oxygens (including phenoxy) is 1. The first-order valence-electron chi connectivity index (χ1n) is 10.4. The molecule has 1 atom stereocenters. The number of anilines is 2. The first-order chi connectivity index (χ1) is 14.2. The number of piperazine rings is 1. The van der Waals surface area contributed by atoms with E-state index in [9.17, 15) is 4.79 Å². The van der Waals surface area contributed by atoms with Crippen molar-refractivity contribution in [2.75, 3.05) is 49.6 Å². The third-order valence-corrected chi connectivity index (χ3v) is 5.94. The van der Waals surface area contributed by atoms with Gasteiger partial charge in [0.2, 0.25) is 0 Å². The van der Waals surface area contributed by atoms with Crippen molar-refractivity contribution >= 4 is 17.5 Å². The van der Waals surface area contributed by atoms with Crippen LogP contribution in [-0.4, -0.2) is 66.9 Å². The molecule has 1 amide bonds. The SMILES string of the molecule is COc1cccc(C(=O)N2CCN(c3ccc(N4CCCCC4C)nn3)CC2)c1. The Labute approximate surface area is 172 Å². The number of aromatic nitrogens is 2. The number of nitrogens with zero attached hydrogens (tertiary/aromatic N) is 5. The lowest BCUT2D eigenvalue weighted by Gasteiger charge is -2.36. The van der Waals surface area contributed by atoms with Crippen LogP contribution < -0.4 is 14.5 Å². The van der Waals surface area contributed by atoms with Gasteiger partial charge in [-0.2, -0.15) is 0 Å². The van der Waals surface area contributed by atoms with E-state index in [0.29, 0.717) is 30.4 Å². The number of rotatable bonds is 4. The van der Waals surface area contributed by atoms with Crippen molar-refractivity contribution in [2.45, 2.75) is 32.2 Å². The van der Waals surface area contributed by atoms with Crippen LogP contribution in [0.2, 0.25) is 0 Å². The fraction of sp³-hybridized carbons (Fsp3) is 0.500. The van der Waals surface area contributed by atoms with E-state index in [1.54, 1.807) is 13.2 Å². The summed E-state index contributed by atoms with van der Waals surface area (Å²) in [5, 5.41) is 8.97. The van der Waals surface area contributed by atoms with Crippen LogP contribution in [0, 0.1) is 0 Å². The number of piperidine rings is 1. The lowest BCUT2D eigenvalue weighted by Crippen LogP contribution is -2.49. The molecule has 154 valence electrons. The molecular formula is C22H29N5O2. The zero-order valence-electron chi connectivity index (χ0n) is 17.3. The molecule has 1 aromatic heterocycles. The Morgan fingerprint density at radius 3 is 2.45 bits per heavy atom. The van der Waals surface area contributed by atoms with E-state index in [0.717, 1.165) is 31.3 Å². The molecule has 2 fully saturated rings. The highest BCUT2D eigenvalue weighted by Gasteiger charge is 2.24. The van der Waals surface area contributed by atoms with E-state index < -0.39 is 0 Å². The highest BCUT2D eigenvalue weighted by atomic mass is 16.5. The molecule has 29 heavy (non-hydrogen) atoms. The van der Waals surface area contributed by atoms with Crippen molar-refractivity contribution in [1.29, 1.82) is 0 Å². The summed E-state index contributed by atoms with van der Waals surface area (Å²) < 4.78 is 5.23. The van der Waals surface area contributed by atoms with Crippen molar-refractivity contribution in [2.24, 2.45) is 0 Å². The fourth-order valence-corrected chi connectivity index (χ4v) is 4.16. The predicted octanol–water partition coefficient (Wildman–Crippen LogP) is 2.83. The van der Waals surface area contributed by atoms with Gasteiger partial charge in [-0.25, -0.2) is 0 Å². The van der Waals surface area contributed by atoms with Gasteiger partial charge in [-0.3, -0.25) is 4.79 Å². The van der Waals surface area contributed by atoms with E-state index in [4.69, 9.17) is 4.74 Å². The molecule has 0 saturated carbocycles. The molecule has 0 bridgehead atoms. The third kappa shape index (κ3) is 4.28. The maximum atomic E-state index is 12.8. The average Bonchev–Trinajstić information content (AvgIpc) is 2.79. The molecule has 1 unspecified atom stereocenters. The number of carbonyl (C=O) groups is 1. The average molecular weight is 396 g/mol. The Balaban J connectivity index is 1.36. The van der Waals surface area contributed by atoms with Crippen molar-refractivity contribution < 1.29 is 9.53 Å². The second-order valence-corrected chi connectivity index (χ2v) is 7.80. The van der Waals surface area contributed by atoms with Gasteiger partial charge in [-0.05, 0) is 56.5 Å². The largest absolute Gasteiger partial charge is 0.497 e. The molecular weight excluding hydrogens is 366 g/mol. The second kappa shape index (κ2) is 8.68. The lowest BCUT2D eigenvalue weighted by atomic mass is 10.0. The minimum Gasteiger partial charge on any atom is -0.497 e. The molecule has 2 saturated heterocycles. The number of hydrogen-bond acceptors (Lipinski definition) is 6. The summed E-state index contributed by atoms with van der Waals surface area (Å²) in [6.45, 7) is 6.16. The zero-order valence-corrected chi connectivity index (χ0v) is 17.3. The van der Waals surface area contributed by atoms with Crippen LogP contribution in [0.1, 0.15) is 36.5 Å². The molecule has 0 spiro atoms. The Morgan fingerprint density at radius 2 is 1.76 bits per heavy atom. The smallest absolute Gasteiger partial charge is 0.254 e. The molecule has 7 nitrogen and oxygen atoms in total. The van der Waals surface area contributed by atoms with Crippen LogP contribution in [0.25, 0.3) is 0 Å². The second-order valence-electron chi connectivity index (χ2n) is 7.80. The van der Waals surface area contributed by atoms with E-state index in [2.05, 4.69) is 39.1 Å². The van der Waals surface area contributed by atoms with Crippen LogP contribution >= 0.6 is 0 Å². The summed E-state index contributed by atoms with van der Waals surface area (Å²) in [7, 11) is 1.61. The quantitative estimate of drug-likeness (QED) is 0.793. The van der Waals surface area contributed by atoms with Crippen LogP contribution in [0.3, 0.4) is 0 Å². The van der Waals surface area contributed by atoms with Crippen molar-refractivity contribution in [1.82, 2.24) is 15.1 Å². The molecule has 0 aliphatic carbocycles. The molecule has 2 aliphatic heterocycles. The van der Waals surface area contributed by atoms with Crippen LogP contribution in [0.15, 0.2) is 36.4 Å². The predicted molar refractivity (Wildman–Crippen MR) is 114 cm³/mol. The highest BCUT2D eigenvalue weighted by Crippen LogP contribution is 2.24. The Bertz CT molecular complexity index is 833. The summed E-state index contributed by atoms with van der Waals surface area (Å²) in [5.74, 6) is 2.59. The van der Waals surface area contributed by atoms with E-state index in [1.165, 1.54) is 19.3 Å². The molecule has 1 aromatic carbocycles. The molecule has 0 radical (unpaired) electrons. The van der Waals surface area contributed by atoms with Crippen molar-refractivity contribution in [3.63, 3.8) is 0 Å². The molecule has 2 aromatic rings. The van der Waals surface area contributed by atoms with Gasteiger partial charge in [0.15, 0.2) is 11.6 Å². The van der Waals surface area contributed by atoms with Gasteiger partial charge in [0, 0.05) is 44.3 Å². The highest BCUT2D eigenvalue weighted by molar-refractivity contribution is 5.94. The Hall–Kier alpha value is -2.83. The normalized spacial score (nSPS) is 19.9. The zero-order chi connectivity index (χ0) is 20.2. The van der Waals surface area contributed by atoms with Crippen molar-refractivity contribution in [3.05, 3.63) is 42.0 Å². The minimum atomic E-state index is 0.0454. The standard InChI is InChI=1S/C22H29N5O2/c1-17-6-3-4-11-27(17)21-10-9-20(23-24-21)25-12-14-26(15-13-25)22(28)18-7-5-8-19(16-18)29-2/h5,7-10,16-17H,3-4,6,11-15H2,1-2H3. The molecule has 0 N–H and O–H groups in total. The molecule has 7 heteroatoms. The fourth-order valence-electron chi connectivity index (χ4n) is 4.16. The number of amides is 1. The first kappa shape index (κ1) is 19.5. The van der Waals surface area contributed by atoms with Crippen LogP contribution in [0.5, 0.6) is 5.75 Å². The van der Waals surface area contributed by atoms with Crippen LogP contribution in [0.4, 0.5) is 11.6 Å². The van der Waals surface area contributed by atoms with Gasteiger partial charge in [-0.1, -0.05) is 6.07 Å². The van der Waals surface area contributed by atoms with Gasteiger partial charge in [0.25, 0.3) is 5.91 Å². The minimum absolute atomic E-state index is 0.0454. The topological polar surface area (TPSA) is 61.8 Å². The third-order valence-electron chi connectivity index (χ3n) is 5.94. The number of methoxy groups -OCH3 is 1. The summed E-state index contributed by atoms with van der Waals surface area (Å²) in [5.41, 5.74) is 0.664. The van der Waals surface area contributed by atoms with Gasteiger partial charge in [0.1, 0.15) is 5.75 Å². The van der Waals surface area contributed by atoms with Gasteiger partial charge >= 0.3 is 0 Å². The lowest BCUT2D eigenvalue weighted by molar-refractivity contribution is 0.0746. The number of carbonyl (C=O) groups excluding carboxylic acids is 1. The molecule has 4 rings (SSSR count). The molecule has 3 heterocycles. The van der Waals surface area contributed by atoms with Gasteiger partial charge in [-0.15, -0.1) is 10.2 Å². The Kier molecular flexibility index (Phi) is 5.83. The van der Waals surface area contributed by atoms with E-state index in [-0.39, 0.29) is 5.91 Å². The maximum Gasteiger partial charge on any atom is 0.254 e. The van der Waals surface area contributed by atoms with E-state index in [1.807, 2.05) is 23.1 Å². The summed E-state index contributed by atoms with van der Waals surface area (Å²) in [6, 6.07) is 12.0.